The van der Waals surface area contributed by atoms with Crippen molar-refractivity contribution in [2.45, 2.75) is 39.2 Å². The third-order valence-corrected chi connectivity index (χ3v) is 4.69. The molecule has 0 radical (unpaired) electrons. The molecule has 8 heteroatoms. The van der Waals surface area contributed by atoms with Crippen LogP contribution in [0.25, 0.3) is 22.4 Å². The quantitative estimate of drug-likeness (QED) is 0.738. The minimum atomic E-state index is -1.18. The maximum Gasteiger partial charge on any atom is 0.329 e. The fourth-order valence-electron chi connectivity index (χ4n) is 3.10. The highest BCUT2D eigenvalue weighted by atomic mass is 16.5. The van der Waals surface area contributed by atoms with Crippen molar-refractivity contribution in [2.24, 2.45) is 0 Å². The summed E-state index contributed by atoms with van der Waals surface area (Å²) in [7, 11) is 0. The van der Waals surface area contributed by atoms with E-state index in [1.54, 1.807) is 13.0 Å². The Kier molecular flexibility index (Phi) is 3.40. The normalized spacial score (nSPS) is 15.2. The highest BCUT2D eigenvalue weighted by molar-refractivity contribution is 6.08. The van der Waals surface area contributed by atoms with Crippen molar-refractivity contribution in [1.82, 2.24) is 15.5 Å². The Bertz CT molecular complexity index is 1060. The van der Waals surface area contributed by atoms with Gasteiger partial charge in [-0.05, 0) is 45.7 Å². The number of fused-ring (bicyclic) bond motifs is 1. The van der Waals surface area contributed by atoms with Crippen molar-refractivity contribution in [2.75, 3.05) is 0 Å². The molecule has 8 nitrogen and oxygen atoms in total. The van der Waals surface area contributed by atoms with Gasteiger partial charge in [-0.1, -0.05) is 5.16 Å². The van der Waals surface area contributed by atoms with Crippen LogP contribution in [0.5, 0.6) is 0 Å². The van der Waals surface area contributed by atoms with Gasteiger partial charge in [0.25, 0.3) is 11.6 Å². The highest BCUT2D eigenvalue weighted by Gasteiger charge is 2.51. The predicted octanol–water partition coefficient (Wildman–Crippen LogP) is 2.76. The first-order chi connectivity index (χ1) is 12.3. The molecule has 0 bridgehead atoms. The zero-order valence-corrected chi connectivity index (χ0v) is 14.5. The maximum atomic E-state index is 12.8. The molecule has 2 N–H and O–H groups in total. The molecule has 1 saturated carbocycles. The fourth-order valence-corrected chi connectivity index (χ4v) is 3.10. The smallest absolute Gasteiger partial charge is 0.329 e. The molecule has 0 saturated heterocycles. The van der Waals surface area contributed by atoms with E-state index in [-0.39, 0.29) is 11.3 Å². The van der Waals surface area contributed by atoms with Crippen molar-refractivity contribution in [3.8, 4) is 11.3 Å². The molecule has 1 aliphatic carbocycles. The number of aryl methyl sites for hydroxylation is 3. The Balaban J connectivity index is 1.84. The molecule has 1 fully saturated rings. The summed E-state index contributed by atoms with van der Waals surface area (Å²) in [6.45, 7) is 5.34. The largest absolute Gasteiger partial charge is 0.480 e. The molecule has 0 unspecified atom stereocenters. The molecule has 4 rings (SSSR count). The maximum absolute atomic E-state index is 12.8. The van der Waals surface area contributed by atoms with Gasteiger partial charge >= 0.3 is 5.97 Å². The number of nitrogens with one attached hydrogen (secondary N) is 1. The summed E-state index contributed by atoms with van der Waals surface area (Å²) < 4.78 is 10.8. The van der Waals surface area contributed by atoms with Crippen molar-refractivity contribution in [3.05, 3.63) is 34.9 Å². The van der Waals surface area contributed by atoms with Gasteiger partial charge in [0.1, 0.15) is 17.1 Å². The first-order valence-electron chi connectivity index (χ1n) is 8.21. The van der Waals surface area contributed by atoms with E-state index in [1.165, 1.54) is 0 Å². The van der Waals surface area contributed by atoms with Gasteiger partial charge in [-0.15, -0.1) is 0 Å². The molecule has 0 spiro atoms. The summed E-state index contributed by atoms with van der Waals surface area (Å²) in [6.07, 6.45) is 0.829. The van der Waals surface area contributed by atoms with Crippen LogP contribution in [0.15, 0.2) is 21.1 Å². The van der Waals surface area contributed by atoms with Crippen LogP contribution in [0.4, 0.5) is 0 Å². The second kappa shape index (κ2) is 5.42. The molecule has 1 amide bonds. The van der Waals surface area contributed by atoms with Crippen LogP contribution in [0.3, 0.4) is 0 Å². The number of carboxylic acid groups (broad SMARTS) is 1. The summed E-state index contributed by atoms with van der Waals surface area (Å²) in [6, 6.07) is 3.45. The number of hydrogen-bond donors (Lipinski definition) is 2. The van der Waals surface area contributed by atoms with Crippen LogP contribution < -0.4 is 5.32 Å². The molecule has 134 valence electrons. The molecular weight excluding hydrogens is 338 g/mol. The third kappa shape index (κ3) is 2.45. The molecule has 3 heterocycles. The van der Waals surface area contributed by atoms with Crippen LogP contribution in [0.1, 0.15) is 40.4 Å². The number of carboxylic acids is 1. The molecule has 0 atom stereocenters. The van der Waals surface area contributed by atoms with Gasteiger partial charge in [0.15, 0.2) is 0 Å². The van der Waals surface area contributed by atoms with E-state index in [0.29, 0.717) is 35.4 Å². The number of furan rings is 1. The summed E-state index contributed by atoms with van der Waals surface area (Å²) in [5.41, 5.74) is 1.10. The number of pyridine rings is 1. The third-order valence-electron chi connectivity index (χ3n) is 4.69. The number of hydrogen-bond acceptors (Lipinski definition) is 6. The zero-order chi connectivity index (χ0) is 18.6. The Labute approximate surface area is 148 Å². The molecule has 26 heavy (non-hydrogen) atoms. The van der Waals surface area contributed by atoms with Gasteiger partial charge in [0.2, 0.25) is 0 Å². The Morgan fingerprint density at radius 2 is 1.96 bits per heavy atom. The van der Waals surface area contributed by atoms with E-state index >= 15 is 0 Å². The SMILES string of the molecule is Cc1cc(-c2cc(C(=O)NC3(C(=O)O)CC3)c3c(C)noc3n2)c(C)o1. The van der Waals surface area contributed by atoms with E-state index in [0.717, 1.165) is 11.3 Å². The molecular formula is C18H17N3O5. The lowest BCUT2D eigenvalue weighted by Crippen LogP contribution is -2.43. The summed E-state index contributed by atoms with van der Waals surface area (Å²) in [5.74, 6) is -0.120. The number of carbonyl (C=O) groups is 2. The number of aliphatic carboxylic acids is 1. The highest BCUT2D eigenvalue weighted by Crippen LogP contribution is 2.37. The Morgan fingerprint density at radius 3 is 2.54 bits per heavy atom. The number of rotatable bonds is 4. The van der Waals surface area contributed by atoms with E-state index in [2.05, 4.69) is 15.5 Å². The first-order valence-corrected chi connectivity index (χ1v) is 8.21. The number of amides is 1. The Morgan fingerprint density at radius 1 is 1.23 bits per heavy atom. The van der Waals surface area contributed by atoms with Gasteiger partial charge in [-0.2, -0.15) is 0 Å². The summed E-state index contributed by atoms with van der Waals surface area (Å²) >= 11 is 0. The Hall–Kier alpha value is -3.16. The molecule has 0 aromatic carbocycles. The van der Waals surface area contributed by atoms with E-state index in [9.17, 15) is 14.7 Å². The average molecular weight is 355 g/mol. The average Bonchev–Trinajstić information content (AvgIpc) is 3.16. The van der Waals surface area contributed by atoms with Crippen LogP contribution >= 0.6 is 0 Å². The number of carbonyl (C=O) groups excluding carboxylic acids is 1. The lowest BCUT2D eigenvalue weighted by atomic mass is 10.0. The van der Waals surface area contributed by atoms with Crippen LogP contribution in [-0.4, -0.2) is 32.7 Å². The summed E-state index contributed by atoms with van der Waals surface area (Å²) in [4.78, 5) is 28.7. The van der Waals surface area contributed by atoms with Crippen LogP contribution in [-0.2, 0) is 4.79 Å². The van der Waals surface area contributed by atoms with E-state index in [4.69, 9.17) is 8.94 Å². The van der Waals surface area contributed by atoms with E-state index in [1.807, 2.05) is 19.9 Å². The fraction of sp³-hybridized carbons (Fsp3) is 0.333. The monoisotopic (exact) mass is 355 g/mol. The first kappa shape index (κ1) is 16.3. The second-order valence-corrected chi connectivity index (χ2v) is 6.67. The van der Waals surface area contributed by atoms with Crippen molar-refractivity contribution in [1.29, 1.82) is 0 Å². The standard InChI is InChI=1S/C18H17N3O5/c1-8-6-11(10(3)25-8)13-7-12(14-9(2)21-26-16(14)19-13)15(22)20-18(4-5-18)17(23)24/h6-7H,4-5H2,1-3H3,(H,20,22)(H,23,24). The predicted molar refractivity (Wildman–Crippen MR) is 90.8 cm³/mol. The molecule has 1 aliphatic rings. The minimum Gasteiger partial charge on any atom is -0.480 e. The molecule has 3 aromatic rings. The van der Waals surface area contributed by atoms with Crippen molar-refractivity contribution < 1.29 is 23.6 Å². The van der Waals surface area contributed by atoms with Crippen molar-refractivity contribution in [3.63, 3.8) is 0 Å². The van der Waals surface area contributed by atoms with Gasteiger partial charge in [0.05, 0.1) is 22.3 Å². The van der Waals surface area contributed by atoms with Crippen LogP contribution in [0.2, 0.25) is 0 Å². The topological polar surface area (TPSA) is 118 Å². The number of nitrogens with zero attached hydrogens (tertiary/aromatic N) is 2. The van der Waals surface area contributed by atoms with Crippen molar-refractivity contribution >= 4 is 23.0 Å². The van der Waals surface area contributed by atoms with Gasteiger partial charge in [-0.25, -0.2) is 9.78 Å². The lowest BCUT2D eigenvalue weighted by Gasteiger charge is -2.13. The molecule has 3 aromatic heterocycles. The summed E-state index contributed by atoms with van der Waals surface area (Å²) in [5, 5.41) is 16.3. The number of aromatic nitrogens is 2. The van der Waals surface area contributed by atoms with Gasteiger partial charge in [-0.3, -0.25) is 4.79 Å². The minimum absolute atomic E-state index is 0.226. The van der Waals surface area contributed by atoms with Crippen LogP contribution in [0, 0.1) is 20.8 Å². The lowest BCUT2D eigenvalue weighted by molar-refractivity contribution is -0.140. The molecule has 0 aliphatic heterocycles. The second-order valence-electron chi connectivity index (χ2n) is 6.67. The van der Waals surface area contributed by atoms with E-state index < -0.39 is 17.4 Å². The zero-order valence-electron chi connectivity index (χ0n) is 14.5. The van der Waals surface area contributed by atoms with Gasteiger partial charge in [0, 0.05) is 5.56 Å². The van der Waals surface area contributed by atoms with Gasteiger partial charge < -0.3 is 19.4 Å².